The average Bonchev–Trinajstić information content (AvgIpc) is 2.45. The van der Waals surface area contributed by atoms with Crippen LogP contribution in [0.3, 0.4) is 0 Å². The van der Waals surface area contributed by atoms with E-state index in [2.05, 4.69) is 4.98 Å². The molecule has 2 aromatic rings. The molecule has 0 aliphatic carbocycles. The van der Waals surface area contributed by atoms with Gasteiger partial charge in [-0.25, -0.2) is 4.98 Å². The van der Waals surface area contributed by atoms with Gasteiger partial charge in [0.1, 0.15) is 5.15 Å². The van der Waals surface area contributed by atoms with Crippen LogP contribution in [0, 0.1) is 0 Å². The molecule has 0 bridgehead atoms. The zero-order valence-electron chi connectivity index (χ0n) is 11.9. The van der Waals surface area contributed by atoms with E-state index in [1.165, 1.54) is 0 Å². The van der Waals surface area contributed by atoms with Gasteiger partial charge in [-0.05, 0) is 37.4 Å². The molecule has 0 amide bonds. The van der Waals surface area contributed by atoms with Gasteiger partial charge in [-0.1, -0.05) is 17.7 Å². The molecular weight excluding hydrogens is 278 g/mol. The summed E-state index contributed by atoms with van der Waals surface area (Å²) in [6, 6.07) is 7.69. The summed E-state index contributed by atoms with van der Waals surface area (Å²) in [4.78, 5) is 4.15. The number of pyridine rings is 1. The van der Waals surface area contributed by atoms with Crippen molar-refractivity contribution in [3.8, 4) is 5.88 Å². The van der Waals surface area contributed by atoms with Crippen LogP contribution in [0.4, 0.5) is 0 Å². The highest BCUT2D eigenvalue weighted by molar-refractivity contribution is 6.30. The minimum atomic E-state index is -0.368. The lowest BCUT2D eigenvalue weighted by molar-refractivity contribution is -0.140. The topological polar surface area (TPSA) is 40.6 Å². The number of nitrogens with zero attached hydrogens (tertiary/aromatic N) is 1. The van der Waals surface area contributed by atoms with E-state index in [4.69, 9.17) is 25.8 Å². The Labute approximate surface area is 123 Å². The molecule has 0 saturated heterocycles. The van der Waals surface area contributed by atoms with Crippen LogP contribution in [0.2, 0.25) is 5.15 Å². The second kappa shape index (κ2) is 6.88. The van der Waals surface area contributed by atoms with Crippen molar-refractivity contribution < 1.29 is 14.2 Å². The number of fused-ring (bicyclic) bond motifs is 1. The van der Waals surface area contributed by atoms with Crippen molar-refractivity contribution in [2.24, 2.45) is 0 Å². The lowest BCUT2D eigenvalue weighted by atomic mass is 10.1. The molecule has 0 atom stereocenters. The van der Waals surface area contributed by atoms with Gasteiger partial charge in [0.15, 0.2) is 6.29 Å². The van der Waals surface area contributed by atoms with Gasteiger partial charge in [-0.2, -0.15) is 0 Å². The van der Waals surface area contributed by atoms with Crippen LogP contribution < -0.4 is 4.74 Å². The quantitative estimate of drug-likeness (QED) is 0.597. The van der Waals surface area contributed by atoms with Crippen LogP contribution in [0.5, 0.6) is 5.88 Å². The van der Waals surface area contributed by atoms with Crippen molar-refractivity contribution in [3.05, 3.63) is 35.0 Å². The smallest absolute Gasteiger partial charge is 0.222 e. The molecule has 0 radical (unpaired) electrons. The van der Waals surface area contributed by atoms with E-state index in [1.807, 2.05) is 32.0 Å². The third-order valence-electron chi connectivity index (χ3n) is 2.89. The van der Waals surface area contributed by atoms with Crippen molar-refractivity contribution in [1.82, 2.24) is 4.98 Å². The largest absolute Gasteiger partial charge is 0.481 e. The van der Waals surface area contributed by atoms with Crippen LogP contribution in [-0.4, -0.2) is 25.3 Å². The van der Waals surface area contributed by atoms with E-state index >= 15 is 0 Å². The summed E-state index contributed by atoms with van der Waals surface area (Å²) >= 11 is 6.00. The molecule has 0 N–H and O–H groups in total. The first kappa shape index (κ1) is 15.0. The summed E-state index contributed by atoms with van der Waals surface area (Å²) in [6.07, 6.45) is -0.368. The van der Waals surface area contributed by atoms with Gasteiger partial charge in [-0.3, -0.25) is 0 Å². The fourth-order valence-electron chi connectivity index (χ4n) is 2.06. The number of rotatable bonds is 6. The van der Waals surface area contributed by atoms with Gasteiger partial charge in [0.05, 0.1) is 7.11 Å². The lowest BCUT2D eigenvalue weighted by Crippen LogP contribution is -2.08. The zero-order chi connectivity index (χ0) is 14.5. The van der Waals surface area contributed by atoms with Crippen molar-refractivity contribution in [2.75, 3.05) is 20.3 Å². The summed E-state index contributed by atoms with van der Waals surface area (Å²) in [6.45, 7) is 5.06. The predicted octanol–water partition coefficient (Wildman–Crippen LogP) is 3.97. The first-order chi connectivity index (χ1) is 9.69. The molecule has 0 spiro atoms. The summed E-state index contributed by atoms with van der Waals surface area (Å²) < 4.78 is 16.4. The Kier molecular flexibility index (Phi) is 5.17. The van der Waals surface area contributed by atoms with E-state index < -0.39 is 0 Å². The Hall–Kier alpha value is -1.36. The van der Waals surface area contributed by atoms with Gasteiger partial charge < -0.3 is 14.2 Å². The SMILES string of the molecule is CCOC(OCC)c1ccc2c(OC)nc(Cl)cc2c1. The van der Waals surface area contributed by atoms with Crippen LogP contribution in [0.1, 0.15) is 25.7 Å². The summed E-state index contributed by atoms with van der Waals surface area (Å²) in [5, 5.41) is 2.26. The summed E-state index contributed by atoms with van der Waals surface area (Å²) in [5.74, 6) is 0.517. The Morgan fingerprint density at radius 1 is 1.15 bits per heavy atom. The van der Waals surface area contributed by atoms with Crippen LogP contribution >= 0.6 is 11.6 Å². The Morgan fingerprint density at radius 2 is 1.85 bits per heavy atom. The van der Waals surface area contributed by atoms with Crippen LogP contribution in [-0.2, 0) is 9.47 Å². The van der Waals surface area contributed by atoms with Gasteiger partial charge in [0.2, 0.25) is 5.88 Å². The summed E-state index contributed by atoms with van der Waals surface area (Å²) in [5.41, 5.74) is 0.950. The van der Waals surface area contributed by atoms with Crippen molar-refractivity contribution in [1.29, 1.82) is 0 Å². The molecule has 0 fully saturated rings. The number of benzene rings is 1. The lowest BCUT2D eigenvalue weighted by Gasteiger charge is -2.18. The van der Waals surface area contributed by atoms with Crippen molar-refractivity contribution in [2.45, 2.75) is 20.1 Å². The number of ether oxygens (including phenoxy) is 3. The van der Waals surface area contributed by atoms with E-state index in [0.29, 0.717) is 24.2 Å². The number of halogens is 1. The predicted molar refractivity (Wildman–Crippen MR) is 79.3 cm³/mol. The number of hydrogen-bond acceptors (Lipinski definition) is 4. The maximum absolute atomic E-state index is 6.00. The Morgan fingerprint density at radius 3 is 2.45 bits per heavy atom. The fourth-order valence-corrected chi connectivity index (χ4v) is 2.25. The monoisotopic (exact) mass is 295 g/mol. The van der Waals surface area contributed by atoms with E-state index in [0.717, 1.165) is 16.3 Å². The maximum Gasteiger partial charge on any atom is 0.222 e. The van der Waals surface area contributed by atoms with E-state index in [-0.39, 0.29) is 6.29 Å². The van der Waals surface area contributed by atoms with Crippen LogP contribution in [0.25, 0.3) is 10.8 Å². The molecule has 4 nitrogen and oxygen atoms in total. The molecule has 2 rings (SSSR count). The van der Waals surface area contributed by atoms with Gasteiger partial charge >= 0.3 is 0 Å². The number of methoxy groups -OCH3 is 1. The molecule has 20 heavy (non-hydrogen) atoms. The number of aromatic nitrogens is 1. The average molecular weight is 296 g/mol. The van der Waals surface area contributed by atoms with Gasteiger partial charge in [-0.15, -0.1) is 0 Å². The second-order valence-corrected chi connectivity index (χ2v) is 4.56. The van der Waals surface area contributed by atoms with Crippen LogP contribution in [0.15, 0.2) is 24.3 Å². The molecular formula is C15H18ClNO3. The Bertz CT molecular complexity index is 583. The fraction of sp³-hybridized carbons (Fsp3) is 0.400. The second-order valence-electron chi connectivity index (χ2n) is 4.18. The Balaban J connectivity index is 2.46. The third-order valence-corrected chi connectivity index (χ3v) is 3.08. The molecule has 0 unspecified atom stereocenters. The first-order valence-electron chi connectivity index (χ1n) is 6.57. The van der Waals surface area contributed by atoms with Gasteiger partial charge in [0.25, 0.3) is 0 Å². The molecule has 0 aliphatic rings. The molecule has 5 heteroatoms. The van der Waals surface area contributed by atoms with Crippen molar-refractivity contribution in [3.63, 3.8) is 0 Å². The molecule has 0 saturated carbocycles. The zero-order valence-corrected chi connectivity index (χ0v) is 12.6. The normalized spacial score (nSPS) is 11.2. The van der Waals surface area contributed by atoms with E-state index in [9.17, 15) is 0 Å². The number of hydrogen-bond donors (Lipinski definition) is 0. The highest BCUT2D eigenvalue weighted by atomic mass is 35.5. The molecule has 0 aliphatic heterocycles. The van der Waals surface area contributed by atoms with Gasteiger partial charge in [0, 0.05) is 24.2 Å². The molecule has 1 heterocycles. The van der Waals surface area contributed by atoms with Crippen molar-refractivity contribution >= 4 is 22.4 Å². The highest BCUT2D eigenvalue weighted by Crippen LogP contribution is 2.30. The first-order valence-corrected chi connectivity index (χ1v) is 6.94. The molecule has 108 valence electrons. The highest BCUT2D eigenvalue weighted by Gasteiger charge is 2.13. The minimum Gasteiger partial charge on any atom is -0.481 e. The minimum absolute atomic E-state index is 0.368. The third kappa shape index (κ3) is 3.20. The maximum atomic E-state index is 6.00. The molecule has 1 aromatic heterocycles. The molecule has 1 aromatic carbocycles. The summed E-state index contributed by atoms with van der Waals surface area (Å²) in [7, 11) is 1.58. The van der Waals surface area contributed by atoms with E-state index in [1.54, 1.807) is 13.2 Å². The standard InChI is InChI=1S/C15H18ClNO3/c1-4-19-15(20-5-2)10-6-7-12-11(8-10)9-13(16)17-14(12)18-3/h6-9,15H,4-5H2,1-3H3.